The van der Waals surface area contributed by atoms with Gasteiger partial charge in [0, 0.05) is 16.6 Å². The molecule has 0 fully saturated rings. The van der Waals surface area contributed by atoms with Crippen molar-refractivity contribution in [3.05, 3.63) is 34.3 Å². The SMILES string of the molecule is CCCn1c(CO)nnc1-c1cc(F)ccc1Br. The fraction of sp³-hybridized carbons (Fsp3) is 0.333. The van der Waals surface area contributed by atoms with Crippen LogP contribution in [0.5, 0.6) is 0 Å². The Hall–Kier alpha value is -1.27. The van der Waals surface area contributed by atoms with Gasteiger partial charge < -0.3 is 9.67 Å². The van der Waals surface area contributed by atoms with Crippen LogP contribution in [0.15, 0.2) is 22.7 Å². The Morgan fingerprint density at radius 1 is 1.39 bits per heavy atom. The number of aliphatic hydroxyl groups is 1. The minimum Gasteiger partial charge on any atom is -0.388 e. The molecule has 0 radical (unpaired) electrons. The maximum atomic E-state index is 13.3. The van der Waals surface area contributed by atoms with Crippen LogP contribution in [0.3, 0.4) is 0 Å². The summed E-state index contributed by atoms with van der Waals surface area (Å²) in [5.41, 5.74) is 0.635. The van der Waals surface area contributed by atoms with Gasteiger partial charge in [-0.1, -0.05) is 22.9 Å². The van der Waals surface area contributed by atoms with E-state index in [2.05, 4.69) is 26.1 Å². The third-order valence-electron chi connectivity index (χ3n) is 2.59. The van der Waals surface area contributed by atoms with Crippen molar-refractivity contribution in [3.63, 3.8) is 0 Å². The van der Waals surface area contributed by atoms with Crippen LogP contribution in [-0.2, 0) is 13.2 Å². The highest BCUT2D eigenvalue weighted by atomic mass is 79.9. The molecule has 1 heterocycles. The van der Waals surface area contributed by atoms with Crippen molar-refractivity contribution in [2.75, 3.05) is 0 Å². The molecule has 2 rings (SSSR count). The summed E-state index contributed by atoms with van der Waals surface area (Å²) in [6.07, 6.45) is 0.880. The third-order valence-corrected chi connectivity index (χ3v) is 3.28. The van der Waals surface area contributed by atoms with E-state index in [1.165, 1.54) is 12.1 Å². The first kappa shape index (κ1) is 13.2. The topological polar surface area (TPSA) is 50.9 Å². The lowest BCUT2D eigenvalue weighted by molar-refractivity contribution is 0.264. The molecule has 96 valence electrons. The standard InChI is InChI=1S/C12H13BrFN3O/c1-2-5-17-11(7-18)15-16-12(17)9-6-8(14)3-4-10(9)13/h3-4,6,18H,2,5,7H2,1H3. The van der Waals surface area contributed by atoms with Crippen LogP contribution in [0.2, 0.25) is 0 Å². The van der Waals surface area contributed by atoms with Crippen LogP contribution < -0.4 is 0 Å². The van der Waals surface area contributed by atoms with Crippen LogP contribution in [0.1, 0.15) is 19.2 Å². The zero-order chi connectivity index (χ0) is 13.1. The molecule has 6 heteroatoms. The van der Waals surface area contributed by atoms with E-state index in [0.29, 0.717) is 23.8 Å². The van der Waals surface area contributed by atoms with Crippen LogP contribution >= 0.6 is 15.9 Å². The van der Waals surface area contributed by atoms with Crippen molar-refractivity contribution >= 4 is 15.9 Å². The molecular weight excluding hydrogens is 301 g/mol. The van der Waals surface area contributed by atoms with Crippen LogP contribution in [-0.4, -0.2) is 19.9 Å². The largest absolute Gasteiger partial charge is 0.388 e. The maximum Gasteiger partial charge on any atom is 0.165 e. The molecule has 0 unspecified atom stereocenters. The summed E-state index contributed by atoms with van der Waals surface area (Å²) in [5, 5.41) is 17.2. The lowest BCUT2D eigenvalue weighted by Crippen LogP contribution is -2.05. The number of hydrogen-bond acceptors (Lipinski definition) is 3. The van der Waals surface area contributed by atoms with Gasteiger partial charge in [0.15, 0.2) is 11.6 Å². The second-order valence-corrected chi connectivity index (χ2v) is 4.73. The third kappa shape index (κ3) is 2.44. The number of hydrogen-bond donors (Lipinski definition) is 1. The summed E-state index contributed by atoms with van der Waals surface area (Å²) in [5.74, 6) is 0.722. The quantitative estimate of drug-likeness (QED) is 0.944. The summed E-state index contributed by atoms with van der Waals surface area (Å²) in [6.45, 7) is 2.52. The Labute approximate surface area is 113 Å². The van der Waals surface area contributed by atoms with E-state index in [1.807, 2.05) is 6.92 Å². The first-order valence-electron chi connectivity index (χ1n) is 5.65. The lowest BCUT2D eigenvalue weighted by atomic mass is 10.2. The van der Waals surface area contributed by atoms with Crippen molar-refractivity contribution in [2.45, 2.75) is 26.5 Å². The summed E-state index contributed by atoms with van der Waals surface area (Å²) < 4.78 is 15.9. The van der Waals surface area contributed by atoms with Crippen LogP contribution in [0.25, 0.3) is 11.4 Å². The smallest absolute Gasteiger partial charge is 0.165 e. The second kappa shape index (κ2) is 5.58. The fourth-order valence-corrected chi connectivity index (χ4v) is 2.20. The average molecular weight is 314 g/mol. The molecule has 2 aromatic rings. The van der Waals surface area contributed by atoms with Crippen molar-refractivity contribution < 1.29 is 9.50 Å². The summed E-state index contributed by atoms with van der Waals surface area (Å²) >= 11 is 3.37. The Balaban J connectivity index is 2.56. The molecule has 0 spiro atoms. The van der Waals surface area contributed by atoms with E-state index in [4.69, 9.17) is 0 Å². The number of benzene rings is 1. The molecule has 0 aliphatic carbocycles. The van der Waals surface area contributed by atoms with Gasteiger partial charge in [0.1, 0.15) is 12.4 Å². The number of halogens is 2. The summed E-state index contributed by atoms with van der Waals surface area (Å²) in [6, 6.07) is 4.41. The zero-order valence-electron chi connectivity index (χ0n) is 9.90. The highest BCUT2D eigenvalue weighted by Crippen LogP contribution is 2.28. The van der Waals surface area contributed by atoms with Crippen molar-refractivity contribution in [3.8, 4) is 11.4 Å². The van der Waals surface area contributed by atoms with E-state index in [1.54, 1.807) is 10.6 Å². The Morgan fingerprint density at radius 2 is 2.17 bits per heavy atom. The van der Waals surface area contributed by atoms with Gasteiger partial charge in [-0.25, -0.2) is 4.39 Å². The molecule has 0 saturated carbocycles. The molecule has 1 aromatic heterocycles. The fourth-order valence-electron chi connectivity index (χ4n) is 1.78. The molecule has 1 N–H and O–H groups in total. The van der Waals surface area contributed by atoms with Crippen molar-refractivity contribution in [1.29, 1.82) is 0 Å². The predicted molar refractivity (Wildman–Crippen MR) is 69.3 cm³/mol. The number of nitrogens with zero attached hydrogens (tertiary/aromatic N) is 3. The molecule has 0 bridgehead atoms. The van der Waals surface area contributed by atoms with E-state index in [9.17, 15) is 9.50 Å². The van der Waals surface area contributed by atoms with Gasteiger partial charge in [0.2, 0.25) is 0 Å². The minimum absolute atomic E-state index is 0.181. The van der Waals surface area contributed by atoms with E-state index in [-0.39, 0.29) is 12.4 Å². The van der Waals surface area contributed by atoms with Gasteiger partial charge in [-0.15, -0.1) is 10.2 Å². The highest BCUT2D eigenvalue weighted by Gasteiger charge is 2.15. The molecule has 4 nitrogen and oxygen atoms in total. The van der Waals surface area contributed by atoms with Gasteiger partial charge in [-0.05, 0) is 24.6 Å². The van der Waals surface area contributed by atoms with E-state index >= 15 is 0 Å². The molecule has 0 saturated heterocycles. The Kier molecular flexibility index (Phi) is 4.08. The van der Waals surface area contributed by atoms with Crippen molar-refractivity contribution in [1.82, 2.24) is 14.8 Å². The van der Waals surface area contributed by atoms with Crippen LogP contribution in [0.4, 0.5) is 4.39 Å². The van der Waals surface area contributed by atoms with Gasteiger partial charge in [-0.3, -0.25) is 0 Å². The monoisotopic (exact) mass is 313 g/mol. The number of aromatic nitrogens is 3. The Bertz CT molecular complexity index is 556. The molecular formula is C12H13BrFN3O. The molecule has 0 amide bonds. The first-order valence-corrected chi connectivity index (χ1v) is 6.45. The molecule has 0 aliphatic heterocycles. The number of rotatable bonds is 4. The second-order valence-electron chi connectivity index (χ2n) is 3.87. The lowest BCUT2D eigenvalue weighted by Gasteiger charge is -2.09. The Morgan fingerprint density at radius 3 is 2.83 bits per heavy atom. The summed E-state index contributed by atoms with van der Waals surface area (Å²) in [7, 11) is 0. The molecule has 18 heavy (non-hydrogen) atoms. The first-order chi connectivity index (χ1) is 8.67. The predicted octanol–water partition coefficient (Wildman–Crippen LogP) is 2.75. The molecule has 1 aromatic carbocycles. The van der Waals surface area contributed by atoms with Gasteiger partial charge in [0.25, 0.3) is 0 Å². The zero-order valence-corrected chi connectivity index (χ0v) is 11.5. The highest BCUT2D eigenvalue weighted by molar-refractivity contribution is 9.10. The van der Waals surface area contributed by atoms with Gasteiger partial charge in [-0.2, -0.15) is 0 Å². The average Bonchev–Trinajstić information content (AvgIpc) is 2.76. The number of aliphatic hydroxyl groups excluding tert-OH is 1. The minimum atomic E-state index is -0.329. The van der Waals surface area contributed by atoms with Crippen molar-refractivity contribution in [2.24, 2.45) is 0 Å². The van der Waals surface area contributed by atoms with E-state index < -0.39 is 0 Å². The van der Waals surface area contributed by atoms with Gasteiger partial charge >= 0.3 is 0 Å². The van der Waals surface area contributed by atoms with Gasteiger partial charge in [0.05, 0.1) is 0 Å². The molecule has 0 aliphatic rings. The van der Waals surface area contributed by atoms with E-state index in [0.717, 1.165) is 10.9 Å². The van der Waals surface area contributed by atoms with Crippen LogP contribution in [0, 0.1) is 5.82 Å². The maximum absolute atomic E-state index is 13.3. The normalized spacial score (nSPS) is 10.9. The summed E-state index contributed by atoms with van der Waals surface area (Å²) in [4.78, 5) is 0. The molecule has 0 atom stereocenters.